The molecule has 6 heteroatoms. The third-order valence-electron chi connectivity index (χ3n) is 3.32. The first-order chi connectivity index (χ1) is 10.5. The zero-order valence-electron chi connectivity index (χ0n) is 14.7. The fraction of sp³-hybridized carbons (Fsp3) is 0.588. The van der Waals surface area contributed by atoms with Crippen LogP contribution in [0.25, 0.3) is 0 Å². The number of carbonyl (C=O) groups is 1. The van der Waals surface area contributed by atoms with Crippen LogP contribution >= 0.6 is 11.6 Å². The van der Waals surface area contributed by atoms with Crippen LogP contribution in [0.1, 0.15) is 52.7 Å². The molecule has 0 aromatic heterocycles. The smallest absolute Gasteiger partial charge is 0.407 e. The summed E-state index contributed by atoms with van der Waals surface area (Å²) < 4.78 is 6.11. The lowest BCUT2D eigenvalue weighted by atomic mass is 9.96. The van der Waals surface area contributed by atoms with Crippen LogP contribution in [0.15, 0.2) is 18.2 Å². The van der Waals surface area contributed by atoms with Crippen molar-refractivity contribution < 1.29 is 14.3 Å². The molecular formula is C17H26ClNO3Si. The summed E-state index contributed by atoms with van der Waals surface area (Å²) in [7, 11) is 0.341. The van der Waals surface area contributed by atoms with E-state index in [1.54, 1.807) is 0 Å². The maximum atomic E-state index is 11.2. The normalized spacial score (nSPS) is 12.3. The molecule has 23 heavy (non-hydrogen) atoms. The van der Waals surface area contributed by atoms with Crippen LogP contribution in [-0.4, -0.2) is 32.4 Å². The number of nitrogens with zero attached hydrogens (tertiary/aromatic N) is 1. The molecule has 0 unspecified atom stereocenters. The van der Waals surface area contributed by atoms with E-state index in [1.807, 2.05) is 39.0 Å². The molecule has 1 aromatic carbocycles. The van der Waals surface area contributed by atoms with Gasteiger partial charge in [0.25, 0.3) is 0 Å². The quantitative estimate of drug-likeness (QED) is 0.736. The van der Waals surface area contributed by atoms with E-state index in [0.717, 1.165) is 11.1 Å². The molecule has 0 bridgehead atoms. The number of halogens is 1. The van der Waals surface area contributed by atoms with Crippen molar-refractivity contribution in [2.45, 2.75) is 58.7 Å². The molecule has 0 atom stereocenters. The second-order valence-electron chi connectivity index (χ2n) is 7.08. The zero-order chi connectivity index (χ0) is 17.8. The SMILES string of the molecule is CCN(Cc1ccc(Cl)c(C(C)(C)O[Si]C(C)(C)C)c1)C(=O)O. The van der Waals surface area contributed by atoms with Crippen molar-refractivity contribution >= 4 is 27.5 Å². The summed E-state index contributed by atoms with van der Waals surface area (Å²) in [6.45, 7) is 13.0. The van der Waals surface area contributed by atoms with Crippen LogP contribution in [0.5, 0.6) is 0 Å². The number of benzene rings is 1. The van der Waals surface area contributed by atoms with Gasteiger partial charge in [-0.25, -0.2) is 4.79 Å². The molecule has 4 nitrogen and oxygen atoms in total. The zero-order valence-corrected chi connectivity index (χ0v) is 16.5. The lowest BCUT2D eigenvalue weighted by Crippen LogP contribution is -2.30. The standard InChI is InChI=1S/C17H26ClNO3Si/c1-7-19(15(20)21)11-12-8-9-14(18)13(10-12)17(5,6)22-23-16(2,3)4/h8-10H,7,11H2,1-6H3,(H,20,21). The third kappa shape index (κ3) is 6.16. The summed E-state index contributed by atoms with van der Waals surface area (Å²) in [5, 5.41) is 9.89. The minimum absolute atomic E-state index is 0.0870. The van der Waals surface area contributed by atoms with E-state index in [-0.39, 0.29) is 5.04 Å². The molecule has 0 spiro atoms. The van der Waals surface area contributed by atoms with Gasteiger partial charge in [-0.1, -0.05) is 38.4 Å². The van der Waals surface area contributed by atoms with Crippen LogP contribution < -0.4 is 0 Å². The Balaban J connectivity index is 3.02. The minimum atomic E-state index is -0.922. The molecule has 1 rings (SSSR count). The number of rotatable bonds is 6. The Labute approximate surface area is 146 Å². The minimum Gasteiger partial charge on any atom is -0.465 e. The first-order valence-electron chi connectivity index (χ1n) is 7.68. The van der Waals surface area contributed by atoms with E-state index in [4.69, 9.17) is 21.1 Å². The van der Waals surface area contributed by atoms with Crippen molar-refractivity contribution in [1.82, 2.24) is 4.90 Å². The number of amides is 1. The van der Waals surface area contributed by atoms with Gasteiger partial charge in [-0.2, -0.15) is 0 Å². The molecule has 0 aliphatic rings. The first kappa shape index (κ1) is 20.0. The summed E-state index contributed by atoms with van der Waals surface area (Å²) in [6.07, 6.45) is -0.922. The van der Waals surface area contributed by atoms with Crippen molar-refractivity contribution in [3.8, 4) is 0 Å². The summed E-state index contributed by atoms with van der Waals surface area (Å²) in [6, 6.07) is 5.62. The van der Waals surface area contributed by atoms with Crippen molar-refractivity contribution in [2.24, 2.45) is 0 Å². The van der Waals surface area contributed by atoms with E-state index in [0.29, 0.717) is 27.9 Å². The Bertz CT molecular complexity index is 555. The average Bonchev–Trinajstić information content (AvgIpc) is 2.43. The summed E-state index contributed by atoms with van der Waals surface area (Å²) in [4.78, 5) is 12.5. The van der Waals surface area contributed by atoms with Gasteiger partial charge in [-0.05, 0) is 43.5 Å². The number of hydrogen-bond acceptors (Lipinski definition) is 2. The van der Waals surface area contributed by atoms with Gasteiger partial charge in [0, 0.05) is 23.7 Å². The second kappa shape index (κ2) is 7.68. The summed E-state index contributed by atoms with van der Waals surface area (Å²) in [5.74, 6) is 0. The molecule has 0 aliphatic carbocycles. The lowest BCUT2D eigenvalue weighted by molar-refractivity contribution is 0.109. The van der Waals surface area contributed by atoms with Crippen molar-refractivity contribution in [3.63, 3.8) is 0 Å². The molecular weight excluding hydrogens is 330 g/mol. The highest BCUT2D eigenvalue weighted by molar-refractivity contribution is 6.32. The van der Waals surface area contributed by atoms with Crippen LogP contribution in [0.4, 0.5) is 4.79 Å². The predicted octanol–water partition coefficient (Wildman–Crippen LogP) is 4.93. The van der Waals surface area contributed by atoms with Crippen LogP contribution in [-0.2, 0) is 16.6 Å². The fourth-order valence-electron chi connectivity index (χ4n) is 2.00. The Kier molecular flexibility index (Phi) is 6.68. The first-order valence-corrected chi connectivity index (χ1v) is 8.97. The highest BCUT2D eigenvalue weighted by Gasteiger charge is 2.27. The highest BCUT2D eigenvalue weighted by Crippen LogP contribution is 2.34. The van der Waals surface area contributed by atoms with E-state index >= 15 is 0 Å². The number of carboxylic acid groups (broad SMARTS) is 1. The van der Waals surface area contributed by atoms with Gasteiger partial charge in [0.2, 0.25) is 9.76 Å². The molecule has 0 aliphatic heterocycles. The highest BCUT2D eigenvalue weighted by atomic mass is 35.5. The van der Waals surface area contributed by atoms with Crippen molar-refractivity contribution in [2.75, 3.05) is 6.54 Å². The van der Waals surface area contributed by atoms with E-state index in [9.17, 15) is 4.79 Å². The summed E-state index contributed by atoms with van der Waals surface area (Å²) in [5.41, 5.74) is 1.26. The molecule has 128 valence electrons. The van der Waals surface area contributed by atoms with Gasteiger partial charge in [0.1, 0.15) is 0 Å². The van der Waals surface area contributed by atoms with E-state index in [2.05, 4.69) is 20.8 Å². The van der Waals surface area contributed by atoms with E-state index < -0.39 is 11.7 Å². The molecule has 0 heterocycles. The Morgan fingerprint density at radius 2 is 1.91 bits per heavy atom. The molecule has 1 amide bonds. The maximum absolute atomic E-state index is 11.2. The maximum Gasteiger partial charge on any atom is 0.407 e. The molecule has 1 aromatic rings. The molecule has 0 fully saturated rings. The molecule has 2 radical (unpaired) electrons. The van der Waals surface area contributed by atoms with Crippen LogP contribution in [0.3, 0.4) is 0 Å². The monoisotopic (exact) mass is 355 g/mol. The third-order valence-corrected chi connectivity index (χ3v) is 4.87. The van der Waals surface area contributed by atoms with Gasteiger partial charge >= 0.3 is 6.09 Å². The second-order valence-corrected chi connectivity index (χ2v) is 9.39. The Hall–Kier alpha value is -1.04. The Morgan fingerprint density at radius 3 is 2.39 bits per heavy atom. The van der Waals surface area contributed by atoms with E-state index in [1.165, 1.54) is 4.90 Å². The van der Waals surface area contributed by atoms with Gasteiger partial charge in [0.15, 0.2) is 0 Å². The van der Waals surface area contributed by atoms with Crippen LogP contribution in [0.2, 0.25) is 10.1 Å². The van der Waals surface area contributed by atoms with Gasteiger partial charge in [-0.3, -0.25) is 0 Å². The van der Waals surface area contributed by atoms with Gasteiger partial charge in [-0.15, -0.1) is 0 Å². The summed E-state index contributed by atoms with van der Waals surface area (Å²) >= 11 is 6.36. The topological polar surface area (TPSA) is 49.8 Å². The van der Waals surface area contributed by atoms with Gasteiger partial charge < -0.3 is 14.4 Å². The van der Waals surface area contributed by atoms with Crippen molar-refractivity contribution in [3.05, 3.63) is 34.3 Å². The predicted molar refractivity (Wildman–Crippen MR) is 95.1 cm³/mol. The molecule has 0 saturated heterocycles. The Morgan fingerprint density at radius 1 is 1.30 bits per heavy atom. The largest absolute Gasteiger partial charge is 0.465 e. The van der Waals surface area contributed by atoms with Crippen LogP contribution in [0, 0.1) is 0 Å². The number of hydrogen-bond donors (Lipinski definition) is 1. The van der Waals surface area contributed by atoms with Crippen molar-refractivity contribution in [1.29, 1.82) is 0 Å². The molecule has 1 N–H and O–H groups in total. The lowest BCUT2D eigenvalue weighted by Gasteiger charge is -2.31. The van der Waals surface area contributed by atoms with Gasteiger partial charge in [0.05, 0.1) is 5.60 Å². The fourth-order valence-corrected chi connectivity index (χ4v) is 3.02. The average molecular weight is 356 g/mol. The molecule has 0 saturated carbocycles.